The van der Waals surface area contributed by atoms with Gasteiger partial charge in [-0.05, 0) is 114 Å². The highest BCUT2D eigenvalue weighted by Crippen LogP contribution is 2.32. The van der Waals surface area contributed by atoms with Crippen LogP contribution in [0.15, 0.2) is 65.7 Å². The number of ether oxygens (including phenoxy) is 2. The van der Waals surface area contributed by atoms with E-state index in [1.165, 1.54) is 38.5 Å². The first-order valence-electron chi connectivity index (χ1n) is 17.9. The topological polar surface area (TPSA) is 196 Å². The van der Waals surface area contributed by atoms with Gasteiger partial charge in [0.1, 0.15) is 34.2 Å². The van der Waals surface area contributed by atoms with E-state index in [2.05, 4.69) is 46.7 Å². The van der Waals surface area contributed by atoms with Gasteiger partial charge in [-0.15, -0.1) is 0 Å². The molecule has 8 N–H and O–H groups in total. The number of halogens is 6. The Morgan fingerprint density at radius 3 is 1.43 bits per heavy atom. The number of H-pyrrole nitrogens is 2. The Labute approximate surface area is 350 Å². The number of nitrogens with one attached hydrogen (secondary N) is 6. The van der Waals surface area contributed by atoms with Gasteiger partial charge < -0.3 is 25.8 Å². The van der Waals surface area contributed by atoms with Crippen molar-refractivity contribution in [3.63, 3.8) is 0 Å². The van der Waals surface area contributed by atoms with Crippen LogP contribution < -0.4 is 36.5 Å². The molecule has 4 aromatic carbocycles. The molecule has 0 radical (unpaired) electrons. The second kappa shape index (κ2) is 19.5. The van der Waals surface area contributed by atoms with Crippen LogP contribution in [0, 0.1) is 34.9 Å². The Bertz CT molecular complexity index is 2600. The van der Waals surface area contributed by atoms with Gasteiger partial charge in [-0.2, -0.15) is 10.2 Å². The molecule has 6 rings (SSSR count). The fourth-order valence-electron chi connectivity index (χ4n) is 4.96. The summed E-state index contributed by atoms with van der Waals surface area (Å²) in [6, 6.07) is 10.7. The van der Waals surface area contributed by atoms with Crippen LogP contribution >= 0.6 is 12.2 Å². The molecule has 2 amide bonds. The quantitative estimate of drug-likeness (QED) is 0.0375. The average molecular weight is 873 g/mol. The lowest BCUT2D eigenvalue weighted by Gasteiger charge is -2.17. The normalized spacial score (nSPS) is 11.5. The third-order valence-corrected chi connectivity index (χ3v) is 7.65. The highest BCUT2D eigenvalue weighted by Gasteiger charge is 2.21. The van der Waals surface area contributed by atoms with E-state index in [-0.39, 0.29) is 50.1 Å². The predicted molar refractivity (Wildman–Crippen MR) is 224 cm³/mol. The molecule has 14 nitrogen and oxygen atoms in total. The molecule has 2 aromatic heterocycles. The fourth-order valence-corrected chi connectivity index (χ4v) is 5.15. The first-order valence-corrected chi connectivity index (χ1v) is 18.3. The molecule has 0 unspecified atom stereocenters. The minimum atomic E-state index is -1.16. The molecule has 0 aliphatic heterocycles. The molecule has 0 spiro atoms. The first kappa shape index (κ1) is 46.9. The molecular weight excluding hydrogens is 831 g/mol. The maximum absolute atomic E-state index is 14.4. The summed E-state index contributed by atoms with van der Waals surface area (Å²) in [6.45, 7) is 11.2. The number of hydrogen-bond donors (Lipinski definition) is 7. The number of benzene rings is 4. The zero-order chi connectivity index (χ0) is 45.4. The Kier molecular flexibility index (Phi) is 15.0. The molecule has 0 atom stereocenters. The van der Waals surface area contributed by atoms with Crippen LogP contribution in [0.4, 0.5) is 38.0 Å². The van der Waals surface area contributed by atoms with Crippen molar-refractivity contribution in [2.45, 2.75) is 52.6 Å². The molecule has 0 aliphatic rings. The molecule has 324 valence electrons. The van der Waals surface area contributed by atoms with Gasteiger partial charge in [-0.25, -0.2) is 31.3 Å². The molecule has 0 aliphatic carbocycles. The molecule has 0 fully saturated rings. The number of nitrogens with zero attached hydrogens (tertiary/aromatic N) is 3. The number of aromatic amines is 2. The summed E-state index contributed by atoms with van der Waals surface area (Å²) in [5.74, 6) is -6.30. The van der Waals surface area contributed by atoms with Gasteiger partial charge in [0.05, 0.1) is 30.5 Å². The predicted octanol–water partition coefficient (Wildman–Crippen LogP) is 7.84. The van der Waals surface area contributed by atoms with Crippen molar-refractivity contribution >= 4 is 68.5 Å². The molecule has 6 aromatic rings. The lowest BCUT2D eigenvalue weighted by Crippen LogP contribution is -2.38. The molecule has 61 heavy (non-hydrogen) atoms. The van der Waals surface area contributed by atoms with Crippen molar-refractivity contribution in [1.29, 1.82) is 0 Å². The Hall–Kier alpha value is -6.74. The van der Waals surface area contributed by atoms with Crippen LogP contribution in [0.3, 0.4) is 0 Å². The van der Waals surface area contributed by atoms with Crippen LogP contribution in [0.2, 0.25) is 0 Å². The van der Waals surface area contributed by atoms with E-state index in [1.807, 2.05) is 20.8 Å². The third kappa shape index (κ3) is 12.9. The van der Waals surface area contributed by atoms with Gasteiger partial charge in [-0.3, -0.25) is 30.4 Å². The van der Waals surface area contributed by atoms with Crippen LogP contribution in [0.25, 0.3) is 21.8 Å². The number of anilines is 2. The van der Waals surface area contributed by atoms with Gasteiger partial charge in [-0.1, -0.05) is 0 Å². The van der Waals surface area contributed by atoms with E-state index < -0.39 is 52.3 Å². The van der Waals surface area contributed by atoms with E-state index in [0.29, 0.717) is 22.5 Å². The van der Waals surface area contributed by atoms with Crippen LogP contribution in [-0.4, -0.2) is 68.6 Å². The first-order chi connectivity index (χ1) is 28.5. The van der Waals surface area contributed by atoms with Gasteiger partial charge in [0.15, 0.2) is 40.0 Å². The van der Waals surface area contributed by atoms with Gasteiger partial charge in [0.25, 0.3) is 11.8 Å². The lowest BCUT2D eigenvalue weighted by molar-refractivity contribution is 0.0968. The summed E-state index contributed by atoms with van der Waals surface area (Å²) in [5, 5.41) is 23.4. The summed E-state index contributed by atoms with van der Waals surface area (Å²) in [5.41, 5.74) is 5.11. The van der Waals surface area contributed by atoms with E-state index >= 15 is 0 Å². The minimum Gasteiger partial charge on any atom is -0.494 e. The molecule has 21 heteroatoms. The second-order valence-corrected chi connectivity index (χ2v) is 15.3. The van der Waals surface area contributed by atoms with E-state index in [4.69, 9.17) is 27.4 Å². The zero-order valence-corrected chi connectivity index (χ0v) is 34.8. The second-order valence-electron chi connectivity index (χ2n) is 14.9. The smallest absolute Gasteiger partial charge is 0.258 e. The van der Waals surface area contributed by atoms with Crippen molar-refractivity contribution < 1.29 is 45.4 Å². The molecule has 0 bridgehead atoms. The van der Waals surface area contributed by atoms with E-state index in [1.54, 1.807) is 20.8 Å². The number of aromatic nitrogens is 4. The number of nitrogens with two attached hydrogens (primary N) is 1. The number of carbonyl (C=O) groups is 2. The molecule has 0 saturated heterocycles. The van der Waals surface area contributed by atoms with Crippen molar-refractivity contribution in [3.8, 4) is 11.5 Å². The number of fused-ring (bicyclic) bond motifs is 2. The van der Waals surface area contributed by atoms with Gasteiger partial charge >= 0.3 is 0 Å². The van der Waals surface area contributed by atoms with Crippen molar-refractivity contribution in [3.05, 3.63) is 107 Å². The largest absolute Gasteiger partial charge is 0.494 e. The van der Waals surface area contributed by atoms with Crippen LogP contribution in [0.5, 0.6) is 11.5 Å². The van der Waals surface area contributed by atoms with Gasteiger partial charge in [0, 0.05) is 16.7 Å². The maximum atomic E-state index is 14.4. The van der Waals surface area contributed by atoms with Crippen molar-refractivity contribution in [2.75, 3.05) is 24.9 Å². The minimum absolute atomic E-state index is 0. The number of hydrogen-bond acceptors (Lipinski definition) is 9. The number of thiocarbonyl (C=S) groups is 1. The van der Waals surface area contributed by atoms with Crippen LogP contribution in [0.1, 0.15) is 62.3 Å². The molecule has 2 heterocycles. The van der Waals surface area contributed by atoms with E-state index in [9.17, 15) is 35.9 Å². The summed E-state index contributed by atoms with van der Waals surface area (Å²) < 4.78 is 91.6. The SMILES string of the molecule is CC(C)(C)N.COc1ccc(F)c2c(NC(=NC(C)(C)C)NC(=O)c3ccc(F)c(F)c3)n[nH]c12.COc1ccc(F)c2c(NC(=S)NC(=O)c3ccc(F)c(F)c3)n[nH]c12. The van der Waals surface area contributed by atoms with E-state index in [0.717, 1.165) is 36.4 Å². The third-order valence-electron chi connectivity index (χ3n) is 7.44. The number of methoxy groups -OCH3 is 2. The monoisotopic (exact) mass is 872 g/mol. The number of aliphatic imine (C=N–C) groups is 1. The number of carbonyl (C=O) groups excluding carboxylic acids is 2. The number of amides is 2. The number of rotatable bonds is 6. The summed E-state index contributed by atoms with van der Waals surface area (Å²) in [6.07, 6.45) is 0. The highest BCUT2D eigenvalue weighted by atomic mass is 32.1. The van der Waals surface area contributed by atoms with Gasteiger partial charge in [0.2, 0.25) is 5.96 Å². The summed E-state index contributed by atoms with van der Waals surface area (Å²) >= 11 is 4.99. The molecule has 0 saturated carbocycles. The summed E-state index contributed by atoms with van der Waals surface area (Å²) in [4.78, 5) is 28.9. The van der Waals surface area contributed by atoms with Crippen LogP contribution in [-0.2, 0) is 0 Å². The Morgan fingerprint density at radius 2 is 1.03 bits per heavy atom. The van der Waals surface area contributed by atoms with Crippen molar-refractivity contribution in [2.24, 2.45) is 10.7 Å². The Balaban J connectivity index is 0.000000244. The number of guanidine groups is 1. The van der Waals surface area contributed by atoms with Crippen molar-refractivity contribution in [1.82, 2.24) is 31.0 Å². The average Bonchev–Trinajstić information content (AvgIpc) is 3.78. The lowest BCUT2D eigenvalue weighted by atomic mass is 10.1. The summed E-state index contributed by atoms with van der Waals surface area (Å²) in [7, 11) is 2.86. The Morgan fingerprint density at radius 1 is 0.639 bits per heavy atom. The zero-order valence-electron chi connectivity index (χ0n) is 34.0. The maximum Gasteiger partial charge on any atom is 0.258 e. The highest BCUT2D eigenvalue weighted by molar-refractivity contribution is 7.80. The molecular formula is C40H42F6N10O4S. The standard InChI is InChI=1S/C20H20F3N5O2.C16H11F3N4O2S.C4H11N/c1-20(2,3)26-19(25-18(29)10-5-6-11(21)13(23)9-10)24-17-15-12(22)7-8-14(30-4)16(15)27-28-17;1-25-11-5-4-9(18)12-13(11)22-23-14(12)20-16(26)21-15(24)7-2-3-8(17)10(19)6-7;1-4(2,3)5/h5-9H,1-4H3,(H3,24,25,26,27,28,29);2-6H,1H3,(H3,20,21,22,23,24,26);5H2,1-3H3. The fraction of sp³-hybridized carbons (Fsp3) is 0.250.